The van der Waals surface area contributed by atoms with E-state index in [1.165, 1.54) is 38.2 Å². The monoisotopic (exact) mass is 570 g/mol. The van der Waals surface area contributed by atoms with Crippen LogP contribution in [0.15, 0.2) is 43.0 Å². The summed E-state index contributed by atoms with van der Waals surface area (Å²) in [6.45, 7) is -1.86. The smallest absolute Gasteiger partial charge is 0.365 e. The Labute approximate surface area is 221 Å². The Hall–Kier alpha value is -2.81. The summed E-state index contributed by atoms with van der Waals surface area (Å²) in [6.07, 6.45) is -1.60. The Morgan fingerprint density at radius 3 is 2.76 bits per heavy atom. The minimum absolute atomic E-state index is 0.290. The summed E-state index contributed by atoms with van der Waals surface area (Å²) in [5.74, 6) is 0.143. The number of ether oxygens (including phenoxy) is 2. The largest absolute Gasteiger partial charge is 0.468 e. The average Bonchev–Trinajstić information content (AvgIpc) is 3.44. The third-order valence-corrected chi connectivity index (χ3v) is 8.96. The number of hydrogen-bond donors (Lipinski definition) is 3. The number of esters is 1. The predicted molar refractivity (Wildman–Crippen MR) is 137 cm³/mol. The molecule has 3 heterocycles. The molecular formula is C22H28FN6O7PS. The zero-order chi connectivity index (χ0) is 27.5. The molecule has 0 saturated carbocycles. The standard InChI is InChI=1S/C22H28FN6O7PS/c1-13(20(31)33-4)28-37(32,38-36-14-8-6-5-7-9-14)34-10-15-17(30)22(2,23)21(35-15)29-12-27-16-18(24-3)25-11-26-19(16)29/h5-9,11-13,15,17,21,30H,10H2,1-4H3,(H,28,32)(H,24,25,26)/t13-,15+,17+,21+,22+,37?/m0/s1. The number of benzene rings is 1. The van der Waals surface area contributed by atoms with Crippen LogP contribution in [0.5, 0.6) is 5.75 Å². The van der Waals surface area contributed by atoms with Crippen molar-refractivity contribution in [1.29, 1.82) is 0 Å². The van der Waals surface area contributed by atoms with Gasteiger partial charge in [0.1, 0.15) is 35.8 Å². The van der Waals surface area contributed by atoms with Gasteiger partial charge in [-0.25, -0.2) is 24.4 Å². The molecule has 3 N–H and O–H groups in total. The molecule has 0 amide bonds. The van der Waals surface area contributed by atoms with Gasteiger partial charge in [-0.3, -0.25) is 13.9 Å². The van der Waals surface area contributed by atoms with Crippen molar-refractivity contribution in [1.82, 2.24) is 24.6 Å². The van der Waals surface area contributed by atoms with Crippen LogP contribution < -0.4 is 14.6 Å². The van der Waals surface area contributed by atoms with Gasteiger partial charge in [0.05, 0.1) is 20.0 Å². The molecule has 0 bridgehead atoms. The number of carbonyl (C=O) groups excluding carboxylic acids is 1. The lowest BCUT2D eigenvalue weighted by atomic mass is 9.98. The van der Waals surface area contributed by atoms with Crippen LogP contribution in [-0.2, 0) is 23.4 Å². The second-order valence-corrected chi connectivity index (χ2v) is 12.3. The number of carbonyl (C=O) groups is 1. The Morgan fingerprint density at radius 2 is 2.08 bits per heavy atom. The third kappa shape index (κ3) is 5.77. The number of aliphatic hydroxyl groups excluding tert-OH is 1. The van der Waals surface area contributed by atoms with E-state index in [-0.39, 0.29) is 5.65 Å². The molecule has 38 heavy (non-hydrogen) atoms. The summed E-state index contributed by atoms with van der Waals surface area (Å²) >= 11 is 0.467. The van der Waals surface area contributed by atoms with Gasteiger partial charge in [0, 0.05) is 7.05 Å². The van der Waals surface area contributed by atoms with Gasteiger partial charge in [0.2, 0.25) is 0 Å². The first-order chi connectivity index (χ1) is 18.1. The number of methoxy groups -OCH3 is 1. The Balaban J connectivity index is 1.52. The van der Waals surface area contributed by atoms with E-state index in [4.69, 9.17) is 13.4 Å². The summed E-state index contributed by atoms with van der Waals surface area (Å²) < 4.78 is 52.5. The van der Waals surface area contributed by atoms with Gasteiger partial charge in [0.25, 0.3) is 0 Å². The molecule has 1 aliphatic rings. The van der Waals surface area contributed by atoms with Crippen LogP contribution in [0.1, 0.15) is 20.1 Å². The van der Waals surface area contributed by atoms with Crippen LogP contribution in [0.2, 0.25) is 0 Å². The number of anilines is 1. The van der Waals surface area contributed by atoms with Crippen molar-refractivity contribution in [3.8, 4) is 5.75 Å². The number of fused-ring (bicyclic) bond motifs is 1. The lowest BCUT2D eigenvalue weighted by Gasteiger charge is -2.25. The Kier molecular flexibility index (Phi) is 8.55. The topological polar surface area (TPSA) is 159 Å². The fourth-order valence-corrected chi connectivity index (χ4v) is 6.69. The quantitative estimate of drug-likeness (QED) is 0.176. The van der Waals surface area contributed by atoms with E-state index in [0.29, 0.717) is 28.7 Å². The zero-order valence-corrected chi connectivity index (χ0v) is 22.7. The Morgan fingerprint density at radius 1 is 1.34 bits per heavy atom. The van der Waals surface area contributed by atoms with Crippen LogP contribution in [0.4, 0.5) is 10.2 Å². The molecule has 13 nitrogen and oxygen atoms in total. The van der Waals surface area contributed by atoms with Crippen molar-refractivity contribution in [2.45, 2.75) is 44.0 Å². The average molecular weight is 571 g/mol. The highest BCUT2D eigenvalue weighted by Gasteiger charge is 2.56. The normalized spacial score (nSPS) is 25.6. The number of nitrogens with zero attached hydrogens (tertiary/aromatic N) is 4. The van der Waals surface area contributed by atoms with E-state index in [2.05, 4.69) is 30.1 Å². The van der Waals surface area contributed by atoms with Crippen LogP contribution in [0, 0.1) is 0 Å². The van der Waals surface area contributed by atoms with Crippen molar-refractivity contribution in [2.24, 2.45) is 0 Å². The first-order valence-corrected chi connectivity index (χ1v) is 14.5. The van der Waals surface area contributed by atoms with E-state index in [1.807, 2.05) is 0 Å². The van der Waals surface area contributed by atoms with Crippen molar-refractivity contribution in [2.75, 3.05) is 26.1 Å². The summed E-state index contributed by atoms with van der Waals surface area (Å²) in [5, 5.41) is 16.3. The maximum Gasteiger partial charge on any atom is 0.365 e. The first-order valence-electron chi connectivity index (χ1n) is 11.5. The van der Waals surface area contributed by atoms with Gasteiger partial charge in [-0.05, 0) is 26.0 Å². The minimum atomic E-state index is -3.98. The third-order valence-electron chi connectivity index (χ3n) is 5.86. The van der Waals surface area contributed by atoms with E-state index < -0.39 is 49.4 Å². The van der Waals surface area contributed by atoms with E-state index in [1.54, 1.807) is 37.4 Å². The molecule has 1 aliphatic heterocycles. The molecule has 1 aromatic carbocycles. The van der Waals surface area contributed by atoms with Gasteiger partial charge in [-0.2, -0.15) is 0 Å². The molecule has 206 valence electrons. The number of imidazole rings is 1. The molecule has 0 radical (unpaired) electrons. The highest BCUT2D eigenvalue weighted by molar-refractivity contribution is 8.53. The van der Waals surface area contributed by atoms with Gasteiger partial charge in [0.15, 0.2) is 35.0 Å². The number of alkyl halides is 1. The molecule has 4 rings (SSSR count). The summed E-state index contributed by atoms with van der Waals surface area (Å²) in [6, 6.07) is 7.49. The molecule has 1 fully saturated rings. The maximum atomic E-state index is 15.8. The lowest BCUT2D eigenvalue weighted by Crippen LogP contribution is -2.41. The highest BCUT2D eigenvalue weighted by Crippen LogP contribution is 2.57. The second-order valence-electron chi connectivity index (χ2n) is 8.56. The highest BCUT2D eigenvalue weighted by atomic mass is 32.7. The SMILES string of the molecule is CNc1ncnc2c1ncn2[C@@H]1O[C@H](COP(=O)(N[C@@H](C)C(=O)OC)SOc2ccccc2)[C@@H](O)[C@@]1(C)F. The zero-order valence-electron chi connectivity index (χ0n) is 21.0. The molecule has 3 aromatic rings. The van der Waals surface area contributed by atoms with Crippen molar-refractivity contribution in [3.63, 3.8) is 0 Å². The van der Waals surface area contributed by atoms with Crippen molar-refractivity contribution in [3.05, 3.63) is 43.0 Å². The second kappa shape index (κ2) is 11.5. The van der Waals surface area contributed by atoms with E-state index in [0.717, 1.165) is 0 Å². The van der Waals surface area contributed by atoms with E-state index in [9.17, 15) is 14.5 Å². The fraction of sp³-hybridized carbons (Fsp3) is 0.455. The maximum absolute atomic E-state index is 15.8. The van der Waals surface area contributed by atoms with Gasteiger partial charge < -0.3 is 28.6 Å². The van der Waals surface area contributed by atoms with Gasteiger partial charge in [-0.15, -0.1) is 0 Å². The van der Waals surface area contributed by atoms with Crippen molar-refractivity contribution >= 4 is 41.3 Å². The number of rotatable bonds is 11. The molecule has 0 spiro atoms. The van der Waals surface area contributed by atoms with Crippen LogP contribution >= 0.6 is 18.4 Å². The number of aromatic nitrogens is 4. The minimum Gasteiger partial charge on any atom is -0.468 e. The summed E-state index contributed by atoms with van der Waals surface area (Å²) in [7, 11) is 2.85. The lowest BCUT2D eigenvalue weighted by molar-refractivity contribution is -0.142. The number of nitrogens with one attached hydrogen (secondary N) is 2. The Bertz CT molecular complexity index is 1320. The van der Waals surface area contributed by atoms with Gasteiger partial charge in [-0.1, -0.05) is 18.2 Å². The first kappa shape index (κ1) is 28.2. The van der Waals surface area contributed by atoms with Gasteiger partial charge >= 0.3 is 12.7 Å². The number of aliphatic hydroxyl groups is 1. The molecule has 0 aliphatic carbocycles. The van der Waals surface area contributed by atoms with Crippen molar-refractivity contribution < 1.29 is 37.0 Å². The molecule has 1 unspecified atom stereocenters. The predicted octanol–water partition coefficient (Wildman–Crippen LogP) is 2.86. The molecule has 16 heteroatoms. The summed E-state index contributed by atoms with van der Waals surface area (Å²) in [5.41, 5.74) is -1.61. The fourth-order valence-electron chi connectivity index (χ4n) is 3.84. The molecule has 1 saturated heterocycles. The van der Waals surface area contributed by atoms with Crippen LogP contribution in [-0.4, -0.2) is 75.3 Å². The van der Waals surface area contributed by atoms with E-state index >= 15 is 4.39 Å². The van der Waals surface area contributed by atoms with Crippen LogP contribution in [0.3, 0.4) is 0 Å². The summed E-state index contributed by atoms with van der Waals surface area (Å²) in [4.78, 5) is 24.4. The number of halogens is 1. The molecule has 2 aromatic heterocycles. The molecule has 6 atom stereocenters. The number of para-hydroxylation sites is 1. The number of hydrogen-bond acceptors (Lipinski definition) is 12. The molecular weight excluding hydrogens is 542 g/mol. The van der Waals surface area contributed by atoms with Crippen LogP contribution in [0.25, 0.3) is 11.2 Å².